The molecule has 0 aromatic carbocycles. The lowest BCUT2D eigenvalue weighted by molar-refractivity contribution is 0.373. The highest BCUT2D eigenvalue weighted by molar-refractivity contribution is 7.14. The summed E-state index contributed by atoms with van der Waals surface area (Å²) in [5.41, 5.74) is 2.09. The van der Waals surface area contributed by atoms with Gasteiger partial charge in [-0.15, -0.1) is 11.3 Å². The molecule has 6 heteroatoms. The molecule has 2 aromatic heterocycles. The molecule has 23 heavy (non-hydrogen) atoms. The average molecular weight is 329 g/mol. The minimum absolute atomic E-state index is 0.708. The first-order valence-electron chi connectivity index (χ1n) is 7.93. The number of aryl methyl sites for hydroxylation is 1. The van der Waals surface area contributed by atoms with E-state index in [1.807, 2.05) is 32.2 Å². The number of nitrogens with one attached hydrogen (secondary N) is 1. The van der Waals surface area contributed by atoms with Crippen LogP contribution in [0.25, 0.3) is 0 Å². The van der Waals surface area contributed by atoms with Gasteiger partial charge in [-0.1, -0.05) is 6.07 Å². The molecule has 1 aliphatic rings. The monoisotopic (exact) mass is 329 g/mol. The number of guanidine groups is 1. The molecule has 1 fully saturated rings. The van der Waals surface area contributed by atoms with E-state index in [1.165, 1.54) is 5.00 Å². The highest BCUT2D eigenvalue weighted by Gasteiger charge is 2.20. The minimum Gasteiger partial charge on any atom is -0.360 e. The zero-order valence-corrected chi connectivity index (χ0v) is 14.5. The second kappa shape index (κ2) is 7.46. The van der Waals surface area contributed by atoms with Crippen LogP contribution in [0.1, 0.15) is 11.4 Å². The fourth-order valence-corrected chi connectivity index (χ4v) is 3.57. The molecule has 0 atom stereocenters. The number of anilines is 1. The summed E-state index contributed by atoms with van der Waals surface area (Å²) in [4.78, 5) is 13.7. The van der Waals surface area contributed by atoms with Crippen LogP contribution in [0.2, 0.25) is 0 Å². The SMILES string of the molecule is CN=C(NCc1cccc(C)n1)N1CCN(c2cccs2)CC1. The first-order chi connectivity index (χ1) is 11.3. The van der Waals surface area contributed by atoms with Crippen molar-refractivity contribution < 1.29 is 0 Å². The van der Waals surface area contributed by atoms with Crippen LogP contribution in [0.3, 0.4) is 0 Å². The minimum atomic E-state index is 0.708. The molecule has 5 nitrogen and oxygen atoms in total. The summed E-state index contributed by atoms with van der Waals surface area (Å²) in [5.74, 6) is 0.958. The van der Waals surface area contributed by atoms with Crippen molar-refractivity contribution in [2.75, 3.05) is 38.1 Å². The van der Waals surface area contributed by atoms with E-state index >= 15 is 0 Å². The summed E-state index contributed by atoms with van der Waals surface area (Å²) in [6.45, 7) is 6.76. The molecule has 0 aliphatic carbocycles. The maximum absolute atomic E-state index is 4.53. The third kappa shape index (κ3) is 4.01. The zero-order valence-electron chi connectivity index (χ0n) is 13.7. The van der Waals surface area contributed by atoms with Crippen LogP contribution in [0, 0.1) is 6.92 Å². The maximum atomic E-state index is 4.53. The first-order valence-corrected chi connectivity index (χ1v) is 8.81. The molecule has 0 bridgehead atoms. The van der Waals surface area contributed by atoms with Gasteiger partial charge in [0.25, 0.3) is 0 Å². The Kier molecular flexibility index (Phi) is 5.12. The predicted molar refractivity (Wildman–Crippen MR) is 97.3 cm³/mol. The van der Waals surface area contributed by atoms with Gasteiger partial charge in [0.2, 0.25) is 0 Å². The predicted octanol–water partition coefficient (Wildman–Crippen LogP) is 2.35. The van der Waals surface area contributed by atoms with E-state index in [2.05, 4.69) is 42.6 Å². The van der Waals surface area contributed by atoms with E-state index in [4.69, 9.17) is 0 Å². The lowest BCUT2D eigenvalue weighted by atomic mass is 10.3. The Hall–Kier alpha value is -2.08. The van der Waals surface area contributed by atoms with Crippen LogP contribution < -0.4 is 10.2 Å². The molecule has 0 amide bonds. The quantitative estimate of drug-likeness (QED) is 0.693. The summed E-state index contributed by atoms with van der Waals surface area (Å²) in [6, 6.07) is 10.4. The number of aliphatic imine (C=N–C) groups is 1. The molecule has 0 spiro atoms. The molecule has 2 aromatic rings. The van der Waals surface area contributed by atoms with Crippen LogP contribution in [-0.4, -0.2) is 49.1 Å². The normalized spacial score (nSPS) is 15.8. The van der Waals surface area contributed by atoms with Gasteiger partial charge in [-0.2, -0.15) is 0 Å². The lowest BCUT2D eigenvalue weighted by Crippen LogP contribution is -2.52. The Morgan fingerprint density at radius 1 is 1.22 bits per heavy atom. The van der Waals surface area contributed by atoms with E-state index in [9.17, 15) is 0 Å². The molecule has 3 heterocycles. The largest absolute Gasteiger partial charge is 0.360 e. The summed E-state index contributed by atoms with van der Waals surface area (Å²) in [6.07, 6.45) is 0. The standard InChI is InChI=1S/C17H23N5S/c1-14-5-3-6-15(20-14)13-19-17(18-2)22-10-8-21(9-11-22)16-7-4-12-23-16/h3-7,12H,8-11,13H2,1-2H3,(H,18,19). The second-order valence-electron chi connectivity index (χ2n) is 5.60. The number of nitrogens with zero attached hydrogens (tertiary/aromatic N) is 4. The average Bonchev–Trinajstić information content (AvgIpc) is 3.11. The van der Waals surface area contributed by atoms with Crippen LogP contribution >= 0.6 is 11.3 Å². The zero-order chi connectivity index (χ0) is 16.1. The summed E-state index contributed by atoms with van der Waals surface area (Å²) >= 11 is 1.81. The molecule has 3 rings (SSSR count). The second-order valence-corrected chi connectivity index (χ2v) is 6.52. The smallest absolute Gasteiger partial charge is 0.194 e. The van der Waals surface area contributed by atoms with Gasteiger partial charge in [0, 0.05) is 38.9 Å². The van der Waals surface area contributed by atoms with Gasteiger partial charge in [-0.25, -0.2) is 0 Å². The molecular weight excluding hydrogens is 306 g/mol. The van der Waals surface area contributed by atoms with E-state index in [1.54, 1.807) is 11.3 Å². The van der Waals surface area contributed by atoms with Gasteiger partial charge in [0.05, 0.1) is 17.2 Å². The fraction of sp³-hybridized carbons (Fsp3) is 0.412. The molecule has 0 radical (unpaired) electrons. The summed E-state index contributed by atoms with van der Waals surface area (Å²) < 4.78 is 0. The van der Waals surface area contributed by atoms with E-state index < -0.39 is 0 Å². The molecule has 122 valence electrons. The molecular formula is C17H23N5S. The number of rotatable bonds is 3. The third-order valence-electron chi connectivity index (χ3n) is 3.98. The van der Waals surface area contributed by atoms with Crippen LogP contribution in [0.15, 0.2) is 40.7 Å². The van der Waals surface area contributed by atoms with Crippen molar-refractivity contribution in [2.45, 2.75) is 13.5 Å². The van der Waals surface area contributed by atoms with Crippen molar-refractivity contribution in [1.29, 1.82) is 0 Å². The summed E-state index contributed by atoms with van der Waals surface area (Å²) in [5, 5.41) is 6.92. The van der Waals surface area contributed by atoms with Crippen LogP contribution in [0.4, 0.5) is 5.00 Å². The summed E-state index contributed by atoms with van der Waals surface area (Å²) in [7, 11) is 1.84. The van der Waals surface area contributed by atoms with Crippen molar-refractivity contribution in [3.63, 3.8) is 0 Å². The van der Waals surface area contributed by atoms with Crippen LogP contribution in [0.5, 0.6) is 0 Å². The Labute approximate surface area is 141 Å². The first kappa shape index (κ1) is 15.8. The van der Waals surface area contributed by atoms with Gasteiger partial charge < -0.3 is 15.1 Å². The van der Waals surface area contributed by atoms with Crippen molar-refractivity contribution in [3.05, 3.63) is 47.1 Å². The molecule has 1 N–H and O–H groups in total. The highest BCUT2D eigenvalue weighted by Crippen LogP contribution is 2.22. The van der Waals surface area contributed by atoms with E-state index in [0.29, 0.717) is 6.54 Å². The Bertz CT molecular complexity index is 645. The van der Waals surface area contributed by atoms with Crippen LogP contribution in [-0.2, 0) is 6.54 Å². The van der Waals surface area contributed by atoms with Gasteiger partial charge in [-0.05, 0) is 36.6 Å². The topological polar surface area (TPSA) is 43.8 Å². The Balaban J connectivity index is 1.53. The number of hydrogen-bond acceptors (Lipinski definition) is 4. The van der Waals surface area contributed by atoms with E-state index in [0.717, 1.165) is 43.5 Å². The molecule has 0 saturated carbocycles. The highest BCUT2D eigenvalue weighted by atomic mass is 32.1. The molecule has 0 unspecified atom stereocenters. The van der Waals surface area contributed by atoms with Crippen molar-refractivity contribution >= 4 is 22.3 Å². The number of thiophene rings is 1. The fourth-order valence-electron chi connectivity index (χ4n) is 2.79. The van der Waals surface area contributed by atoms with Gasteiger partial charge in [0.1, 0.15) is 0 Å². The number of piperazine rings is 1. The van der Waals surface area contributed by atoms with Crippen molar-refractivity contribution in [3.8, 4) is 0 Å². The number of aromatic nitrogens is 1. The van der Waals surface area contributed by atoms with Crippen molar-refractivity contribution in [2.24, 2.45) is 4.99 Å². The Morgan fingerprint density at radius 3 is 2.70 bits per heavy atom. The number of hydrogen-bond donors (Lipinski definition) is 1. The molecule has 1 aliphatic heterocycles. The van der Waals surface area contributed by atoms with Gasteiger partial charge in [-0.3, -0.25) is 9.98 Å². The number of pyridine rings is 1. The molecule has 1 saturated heterocycles. The Morgan fingerprint density at radius 2 is 2.04 bits per heavy atom. The maximum Gasteiger partial charge on any atom is 0.194 e. The van der Waals surface area contributed by atoms with Gasteiger partial charge >= 0.3 is 0 Å². The third-order valence-corrected chi connectivity index (χ3v) is 4.91. The lowest BCUT2D eigenvalue weighted by Gasteiger charge is -2.37. The van der Waals surface area contributed by atoms with E-state index in [-0.39, 0.29) is 0 Å². The van der Waals surface area contributed by atoms with Crippen molar-refractivity contribution in [1.82, 2.24) is 15.2 Å². The van der Waals surface area contributed by atoms with Gasteiger partial charge in [0.15, 0.2) is 5.96 Å².